The Labute approximate surface area is 116 Å². The first-order chi connectivity index (χ1) is 9.65. The molecule has 0 radical (unpaired) electrons. The molecular formula is C14H15NO5. The minimum Gasteiger partial charge on any atom is -0.497 e. The Morgan fingerprint density at radius 2 is 2.25 bits per heavy atom. The molecule has 0 saturated heterocycles. The lowest BCUT2D eigenvalue weighted by Gasteiger charge is -2.09. The van der Waals surface area contributed by atoms with Crippen LogP contribution in [0, 0.1) is 0 Å². The standard InChI is InChI=1S/C14H15NO5/c1-3-19-14(17)12-11(16)8-20-13(12)15-9-5-4-6-10(7-9)18-2/h4-7,15H,3,8H2,1-2H3. The highest BCUT2D eigenvalue weighted by atomic mass is 16.5. The first kappa shape index (κ1) is 13.9. The number of methoxy groups -OCH3 is 1. The van der Waals surface area contributed by atoms with Crippen LogP contribution in [-0.2, 0) is 19.1 Å². The van der Waals surface area contributed by atoms with Crippen molar-refractivity contribution in [3.05, 3.63) is 35.7 Å². The zero-order valence-electron chi connectivity index (χ0n) is 11.3. The number of benzene rings is 1. The van der Waals surface area contributed by atoms with E-state index in [0.29, 0.717) is 11.4 Å². The van der Waals surface area contributed by atoms with Gasteiger partial charge in [-0.25, -0.2) is 4.79 Å². The lowest BCUT2D eigenvalue weighted by Crippen LogP contribution is -2.16. The van der Waals surface area contributed by atoms with Crippen molar-refractivity contribution in [1.29, 1.82) is 0 Å². The largest absolute Gasteiger partial charge is 0.497 e. The van der Waals surface area contributed by atoms with Crippen molar-refractivity contribution in [3.63, 3.8) is 0 Å². The van der Waals surface area contributed by atoms with E-state index in [-0.39, 0.29) is 24.7 Å². The Hall–Kier alpha value is -2.50. The number of hydrogen-bond acceptors (Lipinski definition) is 6. The first-order valence-electron chi connectivity index (χ1n) is 6.14. The van der Waals surface area contributed by atoms with E-state index >= 15 is 0 Å². The minimum atomic E-state index is -0.680. The zero-order chi connectivity index (χ0) is 14.5. The van der Waals surface area contributed by atoms with E-state index in [4.69, 9.17) is 14.2 Å². The van der Waals surface area contributed by atoms with E-state index in [0.717, 1.165) is 0 Å². The Kier molecular flexibility index (Phi) is 4.24. The van der Waals surface area contributed by atoms with Crippen molar-refractivity contribution in [1.82, 2.24) is 0 Å². The maximum Gasteiger partial charge on any atom is 0.347 e. The second-order valence-electron chi connectivity index (χ2n) is 3.99. The van der Waals surface area contributed by atoms with Gasteiger partial charge in [0.15, 0.2) is 12.2 Å². The molecule has 0 spiro atoms. The molecule has 0 atom stereocenters. The molecule has 6 nitrogen and oxygen atoms in total. The summed E-state index contributed by atoms with van der Waals surface area (Å²) in [6, 6.07) is 7.06. The number of Topliss-reactive ketones (excluding diaryl/α,β-unsaturated/α-hetero) is 1. The van der Waals surface area contributed by atoms with Crippen LogP contribution >= 0.6 is 0 Å². The topological polar surface area (TPSA) is 73.9 Å². The van der Waals surface area contributed by atoms with Crippen LogP contribution in [0.25, 0.3) is 0 Å². The fourth-order valence-corrected chi connectivity index (χ4v) is 1.75. The van der Waals surface area contributed by atoms with Crippen molar-refractivity contribution >= 4 is 17.4 Å². The minimum absolute atomic E-state index is 0.0883. The van der Waals surface area contributed by atoms with Gasteiger partial charge in [-0.3, -0.25) is 4.79 Å². The van der Waals surface area contributed by atoms with Crippen LogP contribution in [0.15, 0.2) is 35.7 Å². The molecule has 0 saturated carbocycles. The Bertz CT molecular complexity index is 564. The predicted octanol–water partition coefficient (Wildman–Crippen LogP) is 1.48. The summed E-state index contributed by atoms with van der Waals surface area (Å²) in [5, 5.41) is 2.89. The van der Waals surface area contributed by atoms with E-state index < -0.39 is 11.8 Å². The first-order valence-corrected chi connectivity index (χ1v) is 6.14. The van der Waals surface area contributed by atoms with Crippen LogP contribution in [0.5, 0.6) is 5.75 Å². The van der Waals surface area contributed by atoms with Gasteiger partial charge in [-0.1, -0.05) is 6.07 Å². The number of esters is 1. The molecule has 1 aliphatic rings. The van der Waals surface area contributed by atoms with Gasteiger partial charge in [-0.15, -0.1) is 0 Å². The summed E-state index contributed by atoms with van der Waals surface area (Å²) < 4.78 is 15.1. The lowest BCUT2D eigenvalue weighted by atomic mass is 10.2. The average Bonchev–Trinajstić information content (AvgIpc) is 2.80. The molecule has 1 N–H and O–H groups in total. The zero-order valence-corrected chi connectivity index (χ0v) is 11.3. The Balaban J connectivity index is 2.24. The van der Waals surface area contributed by atoms with Gasteiger partial charge in [0.1, 0.15) is 5.75 Å². The van der Waals surface area contributed by atoms with Gasteiger partial charge in [0.2, 0.25) is 11.7 Å². The van der Waals surface area contributed by atoms with E-state index in [2.05, 4.69) is 5.32 Å². The Morgan fingerprint density at radius 1 is 1.45 bits per heavy atom. The van der Waals surface area contributed by atoms with Gasteiger partial charge in [-0.2, -0.15) is 0 Å². The van der Waals surface area contributed by atoms with Gasteiger partial charge in [-0.05, 0) is 19.1 Å². The number of ether oxygens (including phenoxy) is 3. The molecule has 0 aliphatic carbocycles. The quantitative estimate of drug-likeness (QED) is 0.649. The molecule has 0 fully saturated rings. The van der Waals surface area contributed by atoms with Crippen molar-refractivity contribution in [2.24, 2.45) is 0 Å². The van der Waals surface area contributed by atoms with E-state index in [1.807, 2.05) is 0 Å². The van der Waals surface area contributed by atoms with Crippen molar-refractivity contribution < 1.29 is 23.8 Å². The fourth-order valence-electron chi connectivity index (χ4n) is 1.75. The number of nitrogens with one attached hydrogen (secondary N) is 1. The fraction of sp³-hybridized carbons (Fsp3) is 0.286. The number of carbonyl (C=O) groups excluding carboxylic acids is 2. The van der Waals surface area contributed by atoms with Crippen LogP contribution in [-0.4, -0.2) is 32.1 Å². The summed E-state index contributed by atoms with van der Waals surface area (Å²) in [5.74, 6) is -0.312. The molecule has 0 amide bonds. The number of hydrogen-bond donors (Lipinski definition) is 1. The second-order valence-corrected chi connectivity index (χ2v) is 3.99. The van der Waals surface area contributed by atoms with Crippen LogP contribution < -0.4 is 10.1 Å². The Morgan fingerprint density at radius 3 is 2.95 bits per heavy atom. The third kappa shape index (κ3) is 2.90. The summed E-state index contributed by atoms with van der Waals surface area (Å²) in [6.07, 6.45) is 0. The monoisotopic (exact) mass is 277 g/mol. The maximum absolute atomic E-state index is 11.7. The summed E-state index contributed by atoms with van der Waals surface area (Å²) in [6.45, 7) is 1.70. The number of anilines is 1. The van der Waals surface area contributed by atoms with Crippen LogP contribution in [0.1, 0.15) is 6.92 Å². The smallest absolute Gasteiger partial charge is 0.347 e. The molecule has 1 aromatic carbocycles. The van der Waals surface area contributed by atoms with Crippen LogP contribution in [0.4, 0.5) is 5.69 Å². The summed E-state index contributed by atoms with van der Waals surface area (Å²) >= 11 is 0. The molecule has 1 aromatic rings. The lowest BCUT2D eigenvalue weighted by molar-refractivity contribution is -0.139. The summed E-state index contributed by atoms with van der Waals surface area (Å²) in [7, 11) is 1.55. The summed E-state index contributed by atoms with van der Waals surface area (Å²) in [5.41, 5.74) is 0.561. The van der Waals surface area contributed by atoms with Crippen molar-refractivity contribution in [3.8, 4) is 5.75 Å². The van der Waals surface area contributed by atoms with E-state index in [1.54, 1.807) is 38.3 Å². The molecule has 20 heavy (non-hydrogen) atoms. The molecule has 106 valence electrons. The third-order valence-corrected chi connectivity index (χ3v) is 2.66. The van der Waals surface area contributed by atoms with Crippen LogP contribution in [0.2, 0.25) is 0 Å². The number of carbonyl (C=O) groups is 2. The SMILES string of the molecule is CCOC(=O)C1=C(Nc2cccc(OC)c2)OCC1=O. The highest BCUT2D eigenvalue weighted by Gasteiger charge is 2.32. The predicted molar refractivity (Wildman–Crippen MR) is 71.2 cm³/mol. The van der Waals surface area contributed by atoms with E-state index in [9.17, 15) is 9.59 Å². The molecule has 6 heteroatoms. The van der Waals surface area contributed by atoms with Gasteiger partial charge in [0, 0.05) is 11.8 Å². The highest BCUT2D eigenvalue weighted by Crippen LogP contribution is 2.23. The van der Waals surface area contributed by atoms with Crippen molar-refractivity contribution in [2.75, 3.05) is 25.6 Å². The van der Waals surface area contributed by atoms with Crippen molar-refractivity contribution in [2.45, 2.75) is 6.92 Å². The number of rotatable bonds is 5. The second kappa shape index (κ2) is 6.10. The molecule has 1 heterocycles. The van der Waals surface area contributed by atoms with Gasteiger partial charge >= 0.3 is 5.97 Å². The third-order valence-electron chi connectivity index (χ3n) is 2.66. The molecule has 0 bridgehead atoms. The van der Waals surface area contributed by atoms with E-state index in [1.165, 1.54) is 0 Å². The van der Waals surface area contributed by atoms with Gasteiger partial charge in [0.25, 0.3) is 0 Å². The molecular weight excluding hydrogens is 262 g/mol. The van der Waals surface area contributed by atoms with Crippen LogP contribution in [0.3, 0.4) is 0 Å². The van der Waals surface area contributed by atoms with Gasteiger partial charge in [0.05, 0.1) is 13.7 Å². The summed E-state index contributed by atoms with van der Waals surface area (Å²) in [4.78, 5) is 23.4. The average molecular weight is 277 g/mol. The molecule has 2 rings (SSSR count). The normalized spacial score (nSPS) is 14.0. The number of ketones is 1. The molecule has 0 unspecified atom stereocenters. The molecule has 0 aromatic heterocycles. The maximum atomic E-state index is 11.7. The highest BCUT2D eigenvalue weighted by molar-refractivity contribution is 6.19. The van der Waals surface area contributed by atoms with Gasteiger partial charge < -0.3 is 19.5 Å². The molecule has 1 aliphatic heterocycles.